The molecule has 2 rings (SSSR count). The van der Waals surface area contributed by atoms with Gasteiger partial charge in [0.15, 0.2) is 0 Å². The highest BCUT2D eigenvalue weighted by atomic mass is 79.9. The minimum atomic E-state index is 0.484. The highest BCUT2D eigenvalue weighted by Gasteiger charge is 2.43. The van der Waals surface area contributed by atoms with Gasteiger partial charge in [0.25, 0.3) is 0 Å². The molecule has 1 fully saturated rings. The Morgan fingerprint density at radius 2 is 2.11 bits per heavy atom. The van der Waals surface area contributed by atoms with Gasteiger partial charge >= 0.3 is 0 Å². The first-order valence-electron chi connectivity index (χ1n) is 6.82. The lowest BCUT2D eigenvalue weighted by molar-refractivity contribution is 0.422. The summed E-state index contributed by atoms with van der Waals surface area (Å²) in [5.74, 6) is 0.728. The first kappa shape index (κ1) is 14.1. The third-order valence-electron chi connectivity index (χ3n) is 3.81. The number of hydrogen-bond acceptors (Lipinski definition) is 2. The van der Waals surface area contributed by atoms with Crippen LogP contribution in [0.5, 0.6) is 0 Å². The van der Waals surface area contributed by atoms with Gasteiger partial charge in [0.05, 0.1) is 15.9 Å². The predicted molar refractivity (Wildman–Crippen MR) is 78.7 cm³/mol. The Labute approximate surface area is 118 Å². The molecule has 102 valence electrons. The van der Waals surface area contributed by atoms with Crippen LogP contribution in [0.1, 0.15) is 38.1 Å². The van der Waals surface area contributed by atoms with Crippen LogP contribution in [0.4, 0.5) is 0 Å². The van der Waals surface area contributed by atoms with Crippen LogP contribution in [0.2, 0.25) is 0 Å². The lowest BCUT2D eigenvalue weighted by Gasteiger charge is -2.17. The van der Waals surface area contributed by atoms with Crippen LogP contribution >= 0.6 is 15.9 Å². The fraction of sp³-hybridized carbons (Fsp3) is 0.786. The van der Waals surface area contributed by atoms with Crippen LogP contribution in [0.25, 0.3) is 0 Å². The zero-order valence-corrected chi connectivity index (χ0v) is 13.5. The standard InChI is InChI=1S/C14H24BrN3/c1-10(2)8-16-9-14(5-6-14)7-12-13(15)11(3)17-18(12)4/h10,16H,5-9H2,1-4H3. The Bertz CT molecular complexity index is 419. The summed E-state index contributed by atoms with van der Waals surface area (Å²) in [6.07, 6.45) is 3.82. The minimum Gasteiger partial charge on any atom is -0.316 e. The monoisotopic (exact) mass is 313 g/mol. The Kier molecular flexibility index (Phi) is 4.17. The van der Waals surface area contributed by atoms with E-state index < -0.39 is 0 Å². The fourth-order valence-corrected chi connectivity index (χ4v) is 2.92. The maximum absolute atomic E-state index is 4.48. The maximum atomic E-state index is 4.48. The van der Waals surface area contributed by atoms with E-state index >= 15 is 0 Å². The highest BCUT2D eigenvalue weighted by Crippen LogP contribution is 2.48. The van der Waals surface area contributed by atoms with E-state index in [0.717, 1.165) is 31.1 Å². The summed E-state index contributed by atoms with van der Waals surface area (Å²) in [7, 11) is 2.05. The molecule has 1 aliphatic carbocycles. The molecular formula is C14H24BrN3. The molecule has 0 saturated heterocycles. The van der Waals surface area contributed by atoms with Crippen molar-refractivity contribution in [2.75, 3.05) is 13.1 Å². The molecule has 0 radical (unpaired) electrons. The highest BCUT2D eigenvalue weighted by molar-refractivity contribution is 9.10. The molecule has 0 unspecified atom stereocenters. The van der Waals surface area contributed by atoms with Crippen molar-refractivity contribution in [3.05, 3.63) is 15.9 Å². The smallest absolute Gasteiger partial charge is 0.0738 e. The maximum Gasteiger partial charge on any atom is 0.0738 e. The minimum absolute atomic E-state index is 0.484. The third-order valence-corrected chi connectivity index (χ3v) is 4.85. The largest absolute Gasteiger partial charge is 0.316 e. The average Bonchev–Trinajstić information content (AvgIpc) is 2.99. The molecule has 1 saturated carbocycles. The molecule has 1 aromatic heterocycles. The normalized spacial score (nSPS) is 17.4. The molecule has 3 nitrogen and oxygen atoms in total. The van der Waals surface area contributed by atoms with Crippen LogP contribution < -0.4 is 5.32 Å². The summed E-state index contributed by atoms with van der Waals surface area (Å²) in [6, 6.07) is 0. The average molecular weight is 314 g/mol. The van der Waals surface area contributed by atoms with E-state index in [0.29, 0.717) is 5.41 Å². The number of aromatic nitrogens is 2. The quantitative estimate of drug-likeness (QED) is 0.874. The number of halogens is 1. The number of aryl methyl sites for hydroxylation is 2. The van der Waals surface area contributed by atoms with Gasteiger partial charge < -0.3 is 5.32 Å². The summed E-state index contributed by atoms with van der Waals surface area (Å²) in [5.41, 5.74) is 2.92. The number of hydrogen-bond donors (Lipinski definition) is 1. The summed E-state index contributed by atoms with van der Waals surface area (Å²) in [4.78, 5) is 0. The first-order chi connectivity index (χ1) is 8.43. The van der Waals surface area contributed by atoms with Gasteiger partial charge in [-0.25, -0.2) is 0 Å². The SMILES string of the molecule is Cc1nn(C)c(CC2(CNCC(C)C)CC2)c1Br. The predicted octanol–water partition coefficient (Wildman–Crippen LogP) is 3.06. The number of nitrogens with one attached hydrogen (secondary N) is 1. The molecule has 4 heteroatoms. The van der Waals surface area contributed by atoms with E-state index in [-0.39, 0.29) is 0 Å². The topological polar surface area (TPSA) is 29.9 Å². The molecule has 18 heavy (non-hydrogen) atoms. The van der Waals surface area contributed by atoms with Crippen LogP contribution in [0.15, 0.2) is 4.47 Å². The second-order valence-electron chi connectivity index (χ2n) is 6.17. The molecule has 1 aliphatic rings. The van der Waals surface area contributed by atoms with Crippen LogP contribution in [0.3, 0.4) is 0 Å². The summed E-state index contributed by atoms with van der Waals surface area (Å²) >= 11 is 3.67. The number of nitrogens with zero attached hydrogens (tertiary/aromatic N) is 2. The molecule has 0 atom stereocenters. The van der Waals surface area contributed by atoms with Gasteiger partial charge in [-0.05, 0) is 60.0 Å². The summed E-state index contributed by atoms with van der Waals surface area (Å²) in [6.45, 7) is 8.83. The molecule has 0 aliphatic heterocycles. The molecule has 1 N–H and O–H groups in total. The van der Waals surface area contributed by atoms with E-state index in [9.17, 15) is 0 Å². The summed E-state index contributed by atoms with van der Waals surface area (Å²) < 4.78 is 3.22. The fourth-order valence-electron chi connectivity index (χ4n) is 2.45. The van der Waals surface area contributed by atoms with E-state index in [1.165, 1.54) is 23.0 Å². The molecule has 1 aromatic rings. The Hall–Kier alpha value is -0.350. The van der Waals surface area contributed by atoms with Crippen LogP contribution in [0, 0.1) is 18.3 Å². The molecule has 0 spiro atoms. The van der Waals surface area contributed by atoms with Crippen LogP contribution in [-0.4, -0.2) is 22.9 Å². The molecule has 0 bridgehead atoms. The van der Waals surface area contributed by atoms with Gasteiger partial charge in [0, 0.05) is 13.6 Å². The van der Waals surface area contributed by atoms with Crippen LogP contribution in [-0.2, 0) is 13.5 Å². The van der Waals surface area contributed by atoms with Crippen molar-refractivity contribution in [3.63, 3.8) is 0 Å². The van der Waals surface area contributed by atoms with Gasteiger partial charge in [0.1, 0.15) is 0 Å². The van der Waals surface area contributed by atoms with Gasteiger partial charge in [-0.15, -0.1) is 0 Å². The van der Waals surface area contributed by atoms with Crippen molar-refractivity contribution in [3.8, 4) is 0 Å². The van der Waals surface area contributed by atoms with Gasteiger partial charge in [-0.3, -0.25) is 4.68 Å². The summed E-state index contributed by atoms with van der Waals surface area (Å²) in [5, 5.41) is 8.09. The van der Waals surface area contributed by atoms with E-state index in [1.807, 2.05) is 11.7 Å². The zero-order chi connectivity index (χ0) is 13.3. The second kappa shape index (κ2) is 5.33. The third kappa shape index (κ3) is 3.15. The van der Waals surface area contributed by atoms with E-state index in [4.69, 9.17) is 0 Å². The van der Waals surface area contributed by atoms with E-state index in [1.54, 1.807) is 0 Å². The van der Waals surface area contributed by atoms with Gasteiger partial charge in [0.2, 0.25) is 0 Å². The molecular weight excluding hydrogens is 290 g/mol. The Morgan fingerprint density at radius 3 is 2.56 bits per heavy atom. The van der Waals surface area contributed by atoms with Crippen molar-refractivity contribution < 1.29 is 0 Å². The second-order valence-corrected chi connectivity index (χ2v) is 6.96. The van der Waals surface area contributed by atoms with Crippen molar-refractivity contribution in [2.45, 2.75) is 40.0 Å². The first-order valence-corrected chi connectivity index (χ1v) is 7.61. The molecule has 0 amide bonds. The Morgan fingerprint density at radius 1 is 1.44 bits per heavy atom. The van der Waals surface area contributed by atoms with Crippen molar-refractivity contribution in [1.82, 2.24) is 15.1 Å². The zero-order valence-electron chi connectivity index (χ0n) is 11.9. The molecule has 0 aromatic carbocycles. The number of rotatable bonds is 6. The van der Waals surface area contributed by atoms with Crippen molar-refractivity contribution in [2.24, 2.45) is 18.4 Å². The van der Waals surface area contributed by atoms with Gasteiger partial charge in [-0.2, -0.15) is 5.10 Å². The van der Waals surface area contributed by atoms with Crippen molar-refractivity contribution >= 4 is 15.9 Å². The lowest BCUT2D eigenvalue weighted by atomic mass is 9.99. The molecule has 1 heterocycles. The lowest BCUT2D eigenvalue weighted by Crippen LogP contribution is -2.29. The van der Waals surface area contributed by atoms with Gasteiger partial charge in [-0.1, -0.05) is 13.8 Å². The Balaban J connectivity index is 1.96. The van der Waals surface area contributed by atoms with Crippen molar-refractivity contribution in [1.29, 1.82) is 0 Å². The van der Waals surface area contributed by atoms with E-state index in [2.05, 4.69) is 47.1 Å².